The fraction of sp³-hybridized carbons (Fsp3) is 0.769. The molecule has 0 fully saturated rings. The Morgan fingerprint density at radius 2 is 1.80 bits per heavy atom. The first-order valence-electron chi connectivity index (χ1n) is 6.60. The zero-order valence-electron chi connectivity index (χ0n) is 12.4. The standard InChI is InChI=1S/C13H24N2O5/c1-8(2)5-10(6-11(16)17)7-14-13(19)15-9(3)12(18)20-4/h8-10H,5-7H2,1-4H3,(H,16,17)(H2,14,15,19)/t9?,10-/m0/s1. The van der Waals surface area contributed by atoms with E-state index in [-0.39, 0.29) is 18.9 Å². The van der Waals surface area contributed by atoms with Crippen LogP contribution in [0.1, 0.15) is 33.6 Å². The Bertz CT molecular complexity index is 344. The summed E-state index contributed by atoms with van der Waals surface area (Å²) in [6.45, 7) is 5.75. The predicted octanol–water partition coefficient (Wildman–Crippen LogP) is 0.984. The molecule has 0 heterocycles. The van der Waals surface area contributed by atoms with E-state index in [9.17, 15) is 14.4 Å². The van der Waals surface area contributed by atoms with Crippen molar-refractivity contribution in [3.05, 3.63) is 0 Å². The number of hydrogen-bond donors (Lipinski definition) is 3. The van der Waals surface area contributed by atoms with Gasteiger partial charge >= 0.3 is 18.0 Å². The van der Waals surface area contributed by atoms with Crippen LogP contribution < -0.4 is 10.6 Å². The molecule has 3 N–H and O–H groups in total. The van der Waals surface area contributed by atoms with Gasteiger partial charge in [-0.15, -0.1) is 0 Å². The Morgan fingerprint density at radius 3 is 2.25 bits per heavy atom. The van der Waals surface area contributed by atoms with Crippen LogP contribution in [0, 0.1) is 11.8 Å². The number of nitrogens with one attached hydrogen (secondary N) is 2. The van der Waals surface area contributed by atoms with Crippen LogP contribution in [0.2, 0.25) is 0 Å². The molecule has 0 bridgehead atoms. The van der Waals surface area contributed by atoms with Crippen molar-refractivity contribution < 1.29 is 24.2 Å². The van der Waals surface area contributed by atoms with Crippen LogP contribution in [0.25, 0.3) is 0 Å². The molecule has 0 aromatic rings. The molecule has 7 heteroatoms. The number of hydrogen-bond acceptors (Lipinski definition) is 4. The van der Waals surface area contributed by atoms with Gasteiger partial charge < -0.3 is 20.5 Å². The molecule has 1 unspecified atom stereocenters. The van der Waals surface area contributed by atoms with Gasteiger partial charge in [-0.3, -0.25) is 4.79 Å². The molecule has 0 spiro atoms. The van der Waals surface area contributed by atoms with Gasteiger partial charge in [0.25, 0.3) is 0 Å². The summed E-state index contributed by atoms with van der Waals surface area (Å²) in [4.78, 5) is 33.5. The number of ether oxygens (including phenoxy) is 1. The summed E-state index contributed by atoms with van der Waals surface area (Å²) in [6.07, 6.45) is 0.712. The molecule has 0 aliphatic rings. The molecule has 0 saturated carbocycles. The highest BCUT2D eigenvalue weighted by Crippen LogP contribution is 2.14. The summed E-state index contributed by atoms with van der Waals surface area (Å²) in [5.41, 5.74) is 0. The largest absolute Gasteiger partial charge is 0.481 e. The van der Waals surface area contributed by atoms with Crippen molar-refractivity contribution in [3.8, 4) is 0 Å². The molecule has 0 saturated heterocycles. The molecule has 116 valence electrons. The van der Waals surface area contributed by atoms with Gasteiger partial charge in [-0.05, 0) is 25.2 Å². The second-order valence-electron chi connectivity index (χ2n) is 5.19. The Kier molecular flexibility index (Phi) is 8.35. The molecule has 20 heavy (non-hydrogen) atoms. The minimum Gasteiger partial charge on any atom is -0.481 e. The van der Waals surface area contributed by atoms with Gasteiger partial charge in [0, 0.05) is 13.0 Å². The van der Waals surface area contributed by atoms with Crippen molar-refractivity contribution in [2.24, 2.45) is 11.8 Å². The van der Waals surface area contributed by atoms with Crippen molar-refractivity contribution in [1.82, 2.24) is 10.6 Å². The van der Waals surface area contributed by atoms with Gasteiger partial charge in [0.1, 0.15) is 6.04 Å². The lowest BCUT2D eigenvalue weighted by Gasteiger charge is -2.19. The lowest BCUT2D eigenvalue weighted by atomic mass is 9.94. The summed E-state index contributed by atoms with van der Waals surface area (Å²) in [7, 11) is 1.24. The van der Waals surface area contributed by atoms with E-state index >= 15 is 0 Å². The molecule has 0 aromatic heterocycles. The highest BCUT2D eigenvalue weighted by atomic mass is 16.5. The molecule has 0 rings (SSSR count). The number of rotatable bonds is 8. The highest BCUT2D eigenvalue weighted by molar-refractivity contribution is 5.83. The van der Waals surface area contributed by atoms with Gasteiger partial charge in [-0.1, -0.05) is 13.8 Å². The monoisotopic (exact) mass is 288 g/mol. The fourth-order valence-corrected chi connectivity index (χ4v) is 1.87. The summed E-state index contributed by atoms with van der Waals surface area (Å²) in [5.74, 6) is -1.21. The number of carbonyl (C=O) groups excluding carboxylic acids is 2. The summed E-state index contributed by atoms with van der Waals surface area (Å²) < 4.78 is 4.48. The van der Waals surface area contributed by atoms with Gasteiger partial charge in [0.05, 0.1) is 7.11 Å². The fourth-order valence-electron chi connectivity index (χ4n) is 1.87. The number of carboxylic acid groups (broad SMARTS) is 1. The maximum Gasteiger partial charge on any atom is 0.328 e. The number of carboxylic acids is 1. The summed E-state index contributed by atoms with van der Waals surface area (Å²) >= 11 is 0. The van der Waals surface area contributed by atoms with E-state index in [1.807, 2.05) is 13.8 Å². The third-order valence-corrected chi connectivity index (χ3v) is 2.72. The van der Waals surface area contributed by atoms with E-state index in [0.29, 0.717) is 12.3 Å². The first kappa shape index (κ1) is 18.2. The van der Waals surface area contributed by atoms with Crippen LogP contribution >= 0.6 is 0 Å². The third-order valence-electron chi connectivity index (χ3n) is 2.72. The quantitative estimate of drug-likeness (QED) is 0.578. The van der Waals surface area contributed by atoms with E-state index in [0.717, 1.165) is 0 Å². The Morgan fingerprint density at radius 1 is 1.20 bits per heavy atom. The van der Waals surface area contributed by atoms with Gasteiger partial charge in [-0.25, -0.2) is 9.59 Å². The van der Waals surface area contributed by atoms with Crippen LogP contribution in [0.15, 0.2) is 0 Å². The molecule has 0 radical (unpaired) electrons. The first-order valence-corrected chi connectivity index (χ1v) is 6.60. The molecule has 0 aliphatic heterocycles. The lowest BCUT2D eigenvalue weighted by molar-refractivity contribution is -0.142. The molecule has 2 amide bonds. The highest BCUT2D eigenvalue weighted by Gasteiger charge is 2.18. The van der Waals surface area contributed by atoms with Crippen molar-refractivity contribution in [2.45, 2.75) is 39.7 Å². The van der Waals surface area contributed by atoms with Crippen molar-refractivity contribution >= 4 is 18.0 Å². The summed E-state index contributed by atoms with van der Waals surface area (Å²) in [5, 5.41) is 13.8. The number of aliphatic carboxylic acids is 1. The van der Waals surface area contributed by atoms with Crippen LogP contribution in [-0.4, -0.2) is 42.8 Å². The third kappa shape index (κ3) is 8.34. The summed E-state index contributed by atoms with van der Waals surface area (Å²) in [6, 6.07) is -1.26. The lowest BCUT2D eigenvalue weighted by Crippen LogP contribution is -2.46. The minimum atomic E-state index is -0.888. The minimum absolute atomic E-state index is 0.00498. The zero-order chi connectivity index (χ0) is 15.7. The van der Waals surface area contributed by atoms with Crippen LogP contribution in [0.4, 0.5) is 4.79 Å². The normalized spacial score (nSPS) is 13.4. The van der Waals surface area contributed by atoms with E-state index in [1.165, 1.54) is 14.0 Å². The number of carbonyl (C=O) groups is 3. The maximum absolute atomic E-state index is 11.6. The van der Waals surface area contributed by atoms with Crippen LogP contribution in [0.3, 0.4) is 0 Å². The first-order chi connectivity index (χ1) is 9.26. The Labute approximate surface area is 119 Å². The van der Waals surface area contributed by atoms with E-state index in [4.69, 9.17) is 5.11 Å². The molecular weight excluding hydrogens is 264 g/mol. The Hall–Kier alpha value is -1.79. The van der Waals surface area contributed by atoms with E-state index < -0.39 is 24.0 Å². The smallest absolute Gasteiger partial charge is 0.328 e. The van der Waals surface area contributed by atoms with Gasteiger partial charge in [-0.2, -0.15) is 0 Å². The average molecular weight is 288 g/mol. The molecule has 0 aliphatic carbocycles. The Balaban J connectivity index is 4.22. The van der Waals surface area contributed by atoms with Gasteiger partial charge in [0.2, 0.25) is 0 Å². The number of methoxy groups -OCH3 is 1. The van der Waals surface area contributed by atoms with Crippen LogP contribution in [0.5, 0.6) is 0 Å². The van der Waals surface area contributed by atoms with Crippen LogP contribution in [-0.2, 0) is 14.3 Å². The number of urea groups is 1. The zero-order valence-corrected chi connectivity index (χ0v) is 12.4. The molecule has 7 nitrogen and oxygen atoms in total. The SMILES string of the molecule is COC(=O)C(C)NC(=O)NC[C@H](CC(=O)O)CC(C)C. The maximum atomic E-state index is 11.6. The second kappa shape index (κ2) is 9.17. The van der Waals surface area contributed by atoms with Crippen molar-refractivity contribution in [1.29, 1.82) is 0 Å². The van der Waals surface area contributed by atoms with E-state index in [2.05, 4.69) is 15.4 Å². The molecule has 0 aromatic carbocycles. The van der Waals surface area contributed by atoms with Crippen molar-refractivity contribution in [2.75, 3.05) is 13.7 Å². The van der Waals surface area contributed by atoms with Gasteiger partial charge in [0.15, 0.2) is 0 Å². The predicted molar refractivity (Wildman–Crippen MR) is 73.2 cm³/mol. The average Bonchev–Trinajstić information content (AvgIpc) is 2.33. The molecular formula is C13H24N2O5. The number of esters is 1. The number of amides is 2. The van der Waals surface area contributed by atoms with Crippen molar-refractivity contribution in [3.63, 3.8) is 0 Å². The second-order valence-corrected chi connectivity index (χ2v) is 5.19. The van der Waals surface area contributed by atoms with E-state index in [1.54, 1.807) is 0 Å². The molecule has 2 atom stereocenters. The topological polar surface area (TPSA) is 105 Å².